The van der Waals surface area contributed by atoms with E-state index in [4.69, 9.17) is 9.72 Å². The van der Waals surface area contributed by atoms with Crippen molar-refractivity contribution in [1.29, 1.82) is 0 Å². The van der Waals surface area contributed by atoms with Gasteiger partial charge in [-0.2, -0.15) is 5.10 Å². The van der Waals surface area contributed by atoms with Gasteiger partial charge in [-0.25, -0.2) is 4.98 Å². The van der Waals surface area contributed by atoms with E-state index < -0.39 is 0 Å². The van der Waals surface area contributed by atoms with E-state index in [1.54, 1.807) is 0 Å². The van der Waals surface area contributed by atoms with Gasteiger partial charge in [0.1, 0.15) is 5.82 Å². The van der Waals surface area contributed by atoms with E-state index in [9.17, 15) is 4.79 Å². The molecule has 0 aliphatic carbocycles. The normalized spacial score (nSPS) is 21.6. The van der Waals surface area contributed by atoms with Crippen LogP contribution in [0.15, 0.2) is 31.0 Å². The number of hydrogen-bond donors (Lipinski definition) is 0. The molecule has 0 radical (unpaired) electrons. The van der Waals surface area contributed by atoms with E-state index in [0.29, 0.717) is 0 Å². The van der Waals surface area contributed by atoms with Crippen LogP contribution in [0.25, 0.3) is 22.0 Å². The van der Waals surface area contributed by atoms with E-state index in [1.807, 2.05) is 22.8 Å². The Morgan fingerprint density at radius 2 is 1.92 bits per heavy atom. The number of rotatable bonds is 4. The molecular weight excluding hydrogens is 488 g/mol. The molecular formula is C31H38N6O2. The summed E-state index contributed by atoms with van der Waals surface area (Å²) in [5.41, 5.74) is 9.17. The first-order valence-electron chi connectivity index (χ1n) is 14.2. The molecule has 3 saturated heterocycles. The standard InChI is InChI=1S/C31H38N6O2/c1-6-25(38)36-16-31(17-36)10-12-35(15-31)29-21(3)27(26-20(2)7-8-22-13-32-34(5)28(22)26)23-9-11-37(14-24(23)33-29)30(4)18-39-19-30/h6-8,13H,1,9-12,14-19H2,2-5H3. The van der Waals surface area contributed by atoms with Crippen LogP contribution in [-0.4, -0.2) is 81.9 Å². The summed E-state index contributed by atoms with van der Waals surface area (Å²) in [5.74, 6) is 1.14. The molecule has 0 bridgehead atoms. The number of likely N-dealkylation sites (tertiary alicyclic amines) is 1. The highest BCUT2D eigenvalue weighted by molar-refractivity contribution is 5.98. The van der Waals surface area contributed by atoms with Crippen molar-refractivity contribution < 1.29 is 9.53 Å². The zero-order chi connectivity index (χ0) is 27.1. The number of aryl methyl sites for hydroxylation is 2. The van der Waals surface area contributed by atoms with Gasteiger partial charge >= 0.3 is 0 Å². The van der Waals surface area contributed by atoms with Crippen LogP contribution in [0.5, 0.6) is 0 Å². The zero-order valence-corrected chi connectivity index (χ0v) is 23.6. The number of carbonyl (C=O) groups is 1. The molecule has 1 spiro atoms. The van der Waals surface area contributed by atoms with Gasteiger partial charge in [-0.3, -0.25) is 14.4 Å². The van der Waals surface area contributed by atoms with Gasteiger partial charge in [0.2, 0.25) is 5.91 Å². The summed E-state index contributed by atoms with van der Waals surface area (Å²) >= 11 is 0. The molecule has 8 heteroatoms. The van der Waals surface area contributed by atoms with Crippen LogP contribution in [-0.2, 0) is 29.5 Å². The third kappa shape index (κ3) is 3.68. The van der Waals surface area contributed by atoms with Crippen molar-refractivity contribution in [3.63, 3.8) is 0 Å². The van der Waals surface area contributed by atoms with Gasteiger partial charge in [0.25, 0.3) is 0 Å². The van der Waals surface area contributed by atoms with Crippen molar-refractivity contribution in [2.45, 2.75) is 45.7 Å². The Hall–Kier alpha value is -3.23. The highest BCUT2D eigenvalue weighted by Gasteiger charge is 2.49. The molecule has 8 nitrogen and oxygen atoms in total. The number of carbonyl (C=O) groups excluding carboxylic acids is 1. The SMILES string of the molecule is C=CC(=O)N1CC2(CCN(c3nc4c(c(-c5c(C)ccc6cnn(C)c56)c3C)CCN(C3(C)COC3)C4)C2)C1. The van der Waals surface area contributed by atoms with Crippen LogP contribution in [0.4, 0.5) is 5.82 Å². The average Bonchev–Trinajstić information content (AvgIpc) is 3.50. The van der Waals surface area contributed by atoms with Crippen LogP contribution in [0.1, 0.15) is 35.7 Å². The van der Waals surface area contributed by atoms with Crippen molar-refractivity contribution in [3.05, 3.63) is 53.4 Å². The lowest BCUT2D eigenvalue weighted by Gasteiger charge is -2.49. The third-order valence-electron chi connectivity index (χ3n) is 9.80. The Balaban J connectivity index is 1.34. The molecule has 2 aromatic heterocycles. The fraction of sp³-hybridized carbons (Fsp3) is 0.516. The van der Waals surface area contributed by atoms with Crippen molar-refractivity contribution >= 4 is 22.6 Å². The molecule has 1 aromatic carbocycles. The minimum Gasteiger partial charge on any atom is -0.377 e. The summed E-state index contributed by atoms with van der Waals surface area (Å²) in [6, 6.07) is 4.42. The first kappa shape index (κ1) is 24.8. The van der Waals surface area contributed by atoms with Gasteiger partial charge in [-0.15, -0.1) is 0 Å². The van der Waals surface area contributed by atoms with Gasteiger partial charge in [-0.05, 0) is 61.9 Å². The molecule has 3 fully saturated rings. The molecule has 6 heterocycles. The van der Waals surface area contributed by atoms with E-state index in [-0.39, 0.29) is 16.9 Å². The molecule has 39 heavy (non-hydrogen) atoms. The molecule has 4 aliphatic rings. The Morgan fingerprint density at radius 3 is 2.64 bits per heavy atom. The second kappa shape index (κ2) is 8.63. The Morgan fingerprint density at radius 1 is 1.13 bits per heavy atom. The first-order valence-corrected chi connectivity index (χ1v) is 14.2. The van der Waals surface area contributed by atoms with Gasteiger partial charge < -0.3 is 14.5 Å². The predicted octanol–water partition coefficient (Wildman–Crippen LogP) is 3.62. The molecule has 0 N–H and O–H groups in total. The second-order valence-electron chi connectivity index (χ2n) is 12.6. The fourth-order valence-corrected chi connectivity index (χ4v) is 7.46. The highest BCUT2D eigenvalue weighted by Crippen LogP contribution is 2.46. The average molecular weight is 527 g/mol. The van der Waals surface area contributed by atoms with E-state index in [0.717, 1.165) is 71.1 Å². The van der Waals surface area contributed by atoms with Crippen LogP contribution in [0.2, 0.25) is 0 Å². The Labute approximate surface area is 230 Å². The zero-order valence-electron chi connectivity index (χ0n) is 23.6. The summed E-state index contributed by atoms with van der Waals surface area (Å²) in [6.07, 6.45) is 5.46. The minimum atomic E-state index is 0.0396. The van der Waals surface area contributed by atoms with Gasteiger partial charge in [0, 0.05) is 62.7 Å². The number of pyridine rings is 1. The Kier molecular flexibility index (Phi) is 5.49. The number of hydrogen-bond acceptors (Lipinski definition) is 6. The predicted molar refractivity (Wildman–Crippen MR) is 153 cm³/mol. The van der Waals surface area contributed by atoms with Gasteiger partial charge in [0.15, 0.2) is 0 Å². The molecule has 7 rings (SSSR count). The van der Waals surface area contributed by atoms with Crippen molar-refractivity contribution in [2.24, 2.45) is 12.5 Å². The van der Waals surface area contributed by atoms with Crippen LogP contribution in [0.3, 0.4) is 0 Å². The number of fused-ring (bicyclic) bond motifs is 2. The fourth-order valence-electron chi connectivity index (χ4n) is 7.46. The number of amides is 1. The maximum absolute atomic E-state index is 12.1. The molecule has 3 aromatic rings. The number of ether oxygens (including phenoxy) is 1. The van der Waals surface area contributed by atoms with Crippen LogP contribution in [0, 0.1) is 19.3 Å². The summed E-state index contributed by atoms with van der Waals surface area (Å²) in [6.45, 7) is 17.4. The first-order chi connectivity index (χ1) is 18.7. The Bertz CT molecular complexity index is 1510. The molecule has 0 atom stereocenters. The van der Waals surface area contributed by atoms with E-state index >= 15 is 0 Å². The smallest absolute Gasteiger partial charge is 0.245 e. The number of nitrogens with zero attached hydrogens (tertiary/aromatic N) is 6. The summed E-state index contributed by atoms with van der Waals surface area (Å²) < 4.78 is 7.65. The lowest BCUT2D eigenvalue weighted by atomic mass is 9.79. The number of benzene rings is 1. The van der Waals surface area contributed by atoms with Gasteiger partial charge in [-0.1, -0.05) is 18.7 Å². The van der Waals surface area contributed by atoms with Crippen molar-refractivity contribution in [1.82, 2.24) is 24.6 Å². The lowest BCUT2D eigenvalue weighted by Crippen LogP contribution is -2.61. The number of aromatic nitrogens is 3. The third-order valence-corrected chi connectivity index (χ3v) is 9.80. The highest BCUT2D eigenvalue weighted by atomic mass is 16.5. The molecule has 4 aliphatic heterocycles. The molecule has 204 valence electrons. The molecule has 0 saturated carbocycles. The monoisotopic (exact) mass is 526 g/mol. The molecule has 1 amide bonds. The van der Waals surface area contributed by atoms with E-state index in [2.05, 4.69) is 54.4 Å². The van der Waals surface area contributed by atoms with Crippen molar-refractivity contribution in [3.8, 4) is 11.1 Å². The summed E-state index contributed by atoms with van der Waals surface area (Å²) in [7, 11) is 2.05. The summed E-state index contributed by atoms with van der Waals surface area (Å²) in [5, 5.41) is 5.79. The summed E-state index contributed by atoms with van der Waals surface area (Å²) in [4.78, 5) is 24.6. The topological polar surface area (TPSA) is 66.7 Å². The largest absolute Gasteiger partial charge is 0.377 e. The second-order valence-corrected chi connectivity index (χ2v) is 12.6. The maximum Gasteiger partial charge on any atom is 0.245 e. The van der Waals surface area contributed by atoms with E-state index in [1.165, 1.54) is 50.5 Å². The van der Waals surface area contributed by atoms with Crippen LogP contribution >= 0.6 is 0 Å². The lowest BCUT2D eigenvalue weighted by molar-refractivity contribution is -0.136. The maximum atomic E-state index is 12.1. The van der Waals surface area contributed by atoms with Gasteiger partial charge in [0.05, 0.1) is 36.2 Å². The van der Waals surface area contributed by atoms with Crippen molar-refractivity contribution in [2.75, 3.05) is 50.8 Å². The van der Waals surface area contributed by atoms with Crippen LogP contribution < -0.4 is 4.90 Å². The minimum absolute atomic E-state index is 0.0396. The molecule has 0 unspecified atom stereocenters. The number of anilines is 1. The quantitative estimate of drug-likeness (QED) is 0.484.